The van der Waals surface area contributed by atoms with Crippen LogP contribution in [0.2, 0.25) is 0 Å². The second-order valence-electron chi connectivity index (χ2n) is 4.28. The quantitative estimate of drug-likeness (QED) is 0.700. The zero-order chi connectivity index (χ0) is 12.8. The van der Waals surface area contributed by atoms with E-state index in [1.807, 2.05) is 0 Å². The zero-order valence-corrected chi connectivity index (χ0v) is 10.6. The lowest BCUT2D eigenvalue weighted by atomic mass is 10.00. The number of esters is 2. The van der Waals surface area contributed by atoms with Crippen molar-refractivity contribution >= 4 is 11.9 Å². The topological polar surface area (TPSA) is 61.8 Å². The number of hydrogen-bond donors (Lipinski definition) is 0. The third-order valence-corrected chi connectivity index (χ3v) is 2.65. The van der Waals surface area contributed by atoms with Gasteiger partial charge in [-0.25, -0.2) is 0 Å². The molecule has 5 heteroatoms. The molecule has 1 rings (SSSR count). The Bertz CT molecular complexity index is 276. The van der Waals surface area contributed by atoms with E-state index in [2.05, 4.69) is 6.92 Å². The number of ether oxygens (including phenoxy) is 3. The molecule has 3 atom stereocenters. The van der Waals surface area contributed by atoms with Crippen molar-refractivity contribution < 1.29 is 23.8 Å². The average molecular weight is 244 g/mol. The standard InChI is InChI=1S/C12H20O5/c1-4-5-10-6-11(16-8(2)13)12(7-15-10)17-9(3)14/h10-12H,4-7H2,1-3H3. The summed E-state index contributed by atoms with van der Waals surface area (Å²) in [7, 11) is 0. The predicted molar refractivity (Wildman–Crippen MR) is 60.4 cm³/mol. The molecule has 1 saturated heterocycles. The molecule has 0 radical (unpaired) electrons. The molecule has 17 heavy (non-hydrogen) atoms. The molecular weight excluding hydrogens is 224 g/mol. The van der Waals surface area contributed by atoms with Crippen molar-refractivity contribution in [2.24, 2.45) is 0 Å². The van der Waals surface area contributed by atoms with Gasteiger partial charge in [-0.3, -0.25) is 9.59 Å². The van der Waals surface area contributed by atoms with Crippen molar-refractivity contribution in [2.75, 3.05) is 6.61 Å². The Labute approximate surface area is 101 Å². The largest absolute Gasteiger partial charge is 0.458 e. The van der Waals surface area contributed by atoms with Gasteiger partial charge in [-0.15, -0.1) is 0 Å². The minimum atomic E-state index is -0.482. The van der Waals surface area contributed by atoms with Gasteiger partial charge in [0.1, 0.15) is 6.10 Å². The van der Waals surface area contributed by atoms with Crippen molar-refractivity contribution in [1.29, 1.82) is 0 Å². The van der Waals surface area contributed by atoms with Crippen LogP contribution >= 0.6 is 0 Å². The third-order valence-electron chi connectivity index (χ3n) is 2.65. The summed E-state index contributed by atoms with van der Waals surface area (Å²) in [4.78, 5) is 21.9. The molecule has 0 N–H and O–H groups in total. The SMILES string of the molecule is CCCC1CC(OC(C)=O)C(OC(C)=O)CO1. The average Bonchev–Trinajstić information content (AvgIpc) is 2.21. The number of carbonyl (C=O) groups excluding carboxylic acids is 2. The summed E-state index contributed by atoms with van der Waals surface area (Å²) >= 11 is 0. The minimum Gasteiger partial charge on any atom is -0.458 e. The molecule has 1 aliphatic heterocycles. The highest BCUT2D eigenvalue weighted by molar-refractivity contribution is 5.67. The highest BCUT2D eigenvalue weighted by atomic mass is 16.6. The predicted octanol–water partition coefficient (Wildman–Crippen LogP) is 1.44. The molecule has 1 fully saturated rings. The second kappa shape index (κ2) is 6.59. The Morgan fingerprint density at radius 2 is 1.76 bits per heavy atom. The van der Waals surface area contributed by atoms with Crippen molar-refractivity contribution in [1.82, 2.24) is 0 Å². The maximum Gasteiger partial charge on any atom is 0.303 e. The van der Waals surface area contributed by atoms with Gasteiger partial charge in [0, 0.05) is 20.3 Å². The summed E-state index contributed by atoms with van der Waals surface area (Å²) in [6.07, 6.45) is 1.73. The number of rotatable bonds is 4. The van der Waals surface area contributed by atoms with Crippen molar-refractivity contribution in [3.63, 3.8) is 0 Å². The van der Waals surface area contributed by atoms with E-state index in [0.29, 0.717) is 13.0 Å². The molecule has 5 nitrogen and oxygen atoms in total. The Morgan fingerprint density at radius 3 is 2.29 bits per heavy atom. The van der Waals surface area contributed by atoms with E-state index in [-0.39, 0.29) is 24.1 Å². The molecule has 0 aromatic carbocycles. The van der Waals surface area contributed by atoms with Gasteiger partial charge in [0.15, 0.2) is 6.10 Å². The molecule has 0 aromatic heterocycles. The molecule has 0 bridgehead atoms. The molecule has 0 amide bonds. The van der Waals surface area contributed by atoms with Crippen LogP contribution in [-0.4, -0.2) is 36.9 Å². The summed E-state index contributed by atoms with van der Waals surface area (Å²) in [6.45, 7) is 5.06. The highest BCUT2D eigenvalue weighted by Gasteiger charge is 2.35. The van der Waals surface area contributed by atoms with E-state index in [0.717, 1.165) is 12.8 Å². The van der Waals surface area contributed by atoms with E-state index < -0.39 is 6.10 Å². The van der Waals surface area contributed by atoms with Crippen LogP contribution in [0.3, 0.4) is 0 Å². The van der Waals surface area contributed by atoms with Crippen LogP contribution in [0.4, 0.5) is 0 Å². The molecule has 0 aromatic rings. The van der Waals surface area contributed by atoms with Crippen LogP contribution in [0.25, 0.3) is 0 Å². The van der Waals surface area contributed by atoms with Gasteiger partial charge in [-0.2, -0.15) is 0 Å². The summed E-state index contributed by atoms with van der Waals surface area (Å²) in [5.74, 6) is -0.742. The molecular formula is C12H20O5. The first-order chi connectivity index (χ1) is 8.02. The fourth-order valence-corrected chi connectivity index (χ4v) is 2.00. The summed E-state index contributed by atoms with van der Waals surface area (Å²) in [5.41, 5.74) is 0. The maximum atomic E-state index is 11.0. The first-order valence-corrected chi connectivity index (χ1v) is 5.99. The van der Waals surface area contributed by atoms with Crippen LogP contribution < -0.4 is 0 Å². The Kier molecular flexibility index (Phi) is 5.41. The van der Waals surface area contributed by atoms with E-state index in [1.165, 1.54) is 13.8 Å². The van der Waals surface area contributed by atoms with Crippen LogP contribution in [-0.2, 0) is 23.8 Å². The molecule has 1 aliphatic rings. The van der Waals surface area contributed by atoms with E-state index in [9.17, 15) is 9.59 Å². The van der Waals surface area contributed by atoms with Crippen LogP contribution in [0, 0.1) is 0 Å². The van der Waals surface area contributed by atoms with E-state index >= 15 is 0 Å². The lowest BCUT2D eigenvalue weighted by molar-refractivity contribution is -0.187. The van der Waals surface area contributed by atoms with Crippen molar-refractivity contribution in [3.8, 4) is 0 Å². The van der Waals surface area contributed by atoms with Gasteiger partial charge in [0.25, 0.3) is 0 Å². The van der Waals surface area contributed by atoms with Crippen LogP contribution in [0.15, 0.2) is 0 Å². The molecule has 1 heterocycles. The highest BCUT2D eigenvalue weighted by Crippen LogP contribution is 2.23. The smallest absolute Gasteiger partial charge is 0.303 e. The minimum absolute atomic E-state index is 0.0798. The van der Waals surface area contributed by atoms with Gasteiger partial charge >= 0.3 is 11.9 Å². The summed E-state index contributed by atoms with van der Waals surface area (Å²) in [5, 5.41) is 0. The first-order valence-electron chi connectivity index (χ1n) is 5.99. The number of hydrogen-bond acceptors (Lipinski definition) is 5. The fourth-order valence-electron chi connectivity index (χ4n) is 2.00. The second-order valence-corrected chi connectivity index (χ2v) is 4.28. The Morgan fingerprint density at radius 1 is 1.18 bits per heavy atom. The monoisotopic (exact) mass is 244 g/mol. The van der Waals surface area contributed by atoms with E-state index in [4.69, 9.17) is 14.2 Å². The Balaban J connectivity index is 2.58. The normalized spacial score (nSPS) is 28.5. The van der Waals surface area contributed by atoms with Gasteiger partial charge in [-0.05, 0) is 6.42 Å². The zero-order valence-electron chi connectivity index (χ0n) is 10.6. The molecule has 0 aliphatic carbocycles. The van der Waals surface area contributed by atoms with Crippen LogP contribution in [0.5, 0.6) is 0 Å². The Hall–Kier alpha value is -1.10. The lowest BCUT2D eigenvalue weighted by Crippen LogP contribution is -2.45. The summed E-state index contributed by atoms with van der Waals surface area (Å²) in [6, 6.07) is 0. The van der Waals surface area contributed by atoms with E-state index in [1.54, 1.807) is 0 Å². The van der Waals surface area contributed by atoms with Crippen LogP contribution in [0.1, 0.15) is 40.0 Å². The summed E-state index contributed by atoms with van der Waals surface area (Å²) < 4.78 is 15.9. The number of carbonyl (C=O) groups is 2. The fraction of sp³-hybridized carbons (Fsp3) is 0.833. The lowest BCUT2D eigenvalue weighted by Gasteiger charge is -2.34. The van der Waals surface area contributed by atoms with Gasteiger partial charge < -0.3 is 14.2 Å². The molecule has 98 valence electrons. The van der Waals surface area contributed by atoms with Gasteiger partial charge in [0.05, 0.1) is 12.7 Å². The van der Waals surface area contributed by atoms with Gasteiger partial charge in [-0.1, -0.05) is 13.3 Å². The van der Waals surface area contributed by atoms with Crippen molar-refractivity contribution in [3.05, 3.63) is 0 Å². The molecule has 0 spiro atoms. The third kappa shape index (κ3) is 4.73. The maximum absolute atomic E-state index is 11.0. The first kappa shape index (κ1) is 14.0. The molecule has 3 unspecified atom stereocenters. The van der Waals surface area contributed by atoms with Gasteiger partial charge in [0.2, 0.25) is 0 Å². The molecule has 0 saturated carbocycles. The van der Waals surface area contributed by atoms with Crippen molar-refractivity contribution in [2.45, 2.75) is 58.3 Å².